The number of carboxylic acid groups (broad SMARTS) is 1. The monoisotopic (exact) mass is 464 g/mol. The van der Waals surface area contributed by atoms with E-state index in [4.69, 9.17) is 4.74 Å². The number of aliphatic carboxylic acids is 1. The van der Waals surface area contributed by atoms with Gasteiger partial charge in [0.15, 0.2) is 5.60 Å². The van der Waals surface area contributed by atoms with Gasteiger partial charge < -0.3 is 14.7 Å². The molecule has 0 atom stereocenters. The number of benzene rings is 2. The summed E-state index contributed by atoms with van der Waals surface area (Å²) in [5.41, 5.74) is 1.87. The highest BCUT2D eigenvalue weighted by molar-refractivity contribution is 5.77. The van der Waals surface area contributed by atoms with Gasteiger partial charge in [-0.25, -0.2) is 4.79 Å². The molecule has 1 heterocycles. The Bertz CT molecular complexity index is 956. The van der Waals surface area contributed by atoms with Crippen LogP contribution in [0.4, 0.5) is 18.9 Å². The lowest BCUT2D eigenvalue weighted by molar-refractivity contribution is -0.152. The van der Waals surface area contributed by atoms with Crippen LogP contribution in [0.15, 0.2) is 36.4 Å². The molecule has 1 saturated heterocycles. The summed E-state index contributed by atoms with van der Waals surface area (Å²) in [6.07, 6.45) is -3.46. The highest BCUT2D eigenvalue weighted by Crippen LogP contribution is 2.31. The predicted molar refractivity (Wildman–Crippen MR) is 122 cm³/mol. The Morgan fingerprint density at radius 1 is 1.00 bits per heavy atom. The third-order valence-corrected chi connectivity index (χ3v) is 6.04. The van der Waals surface area contributed by atoms with Crippen molar-refractivity contribution < 1.29 is 27.8 Å². The maximum Gasteiger partial charge on any atom is 0.416 e. The summed E-state index contributed by atoms with van der Waals surface area (Å²) in [5, 5.41) is 9.32. The molecule has 8 heteroatoms. The lowest BCUT2D eigenvalue weighted by atomic mass is 10.0. The Morgan fingerprint density at radius 2 is 1.55 bits per heavy atom. The molecule has 2 aromatic carbocycles. The number of ether oxygens (including phenoxy) is 1. The molecular formula is C25H31F3N2O3. The quantitative estimate of drug-likeness (QED) is 0.630. The van der Waals surface area contributed by atoms with Gasteiger partial charge in [0.25, 0.3) is 0 Å². The smallest absolute Gasteiger partial charge is 0.416 e. The number of carbonyl (C=O) groups is 1. The lowest BCUT2D eigenvalue weighted by Crippen LogP contribution is -2.47. The van der Waals surface area contributed by atoms with Crippen LogP contribution in [-0.4, -0.2) is 54.3 Å². The molecule has 0 saturated carbocycles. The van der Waals surface area contributed by atoms with E-state index >= 15 is 0 Å². The van der Waals surface area contributed by atoms with Gasteiger partial charge in [-0.2, -0.15) is 13.2 Å². The van der Waals surface area contributed by atoms with Crippen LogP contribution in [0.2, 0.25) is 0 Å². The van der Waals surface area contributed by atoms with Crippen molar-refractivity contribution in [1.29, 1.82) is 0 Å². The number of alkyl halides is 3. The molecule has 0 radical (unpaired) electrons. The summed E-state index contributed by atoms with van der Waals surface area (Å²) in [5.74, 6) is -0.405. The Kier molecular flexibility index (Phi) is 7.26. The van der Waals surface area contributed by atoms with E-state index in [-0.39, 0.29) is 0 Å². The number of nitrogens with zero attached hydrogens (tertiary/aromatic N) is 2. The molecule has 0 amide bonds. The Labute approximate surface area is 192 Å². The van der Waals surface area contributed by atoms with Crippen LogP contribution in [-0.2, 0) is 17.4 Å². The number of hydrogen-bond acceptors (Lipinski definition) is 4. The van der Waals surface area contributed by atoms with E-state index in [1.54, 1.807) is 12.1 Å². The molecule has 0 spiro atoms. The first-order valence-corrected chi connectivity index (χ1v) is 11.0. The molecule has 0 aliphatic carbocycles. The largest absolute Gasteiger partial charge is 0.478 e. The van der Waals surface area contributed by atoms with Crippen molar-refractivity contribution in [1.82, 2.24) is 4.90 Å². The minimum Gasteiger partial charge on any atom is -0.478 e. The van der Waals surface area contributed by atoms with E-state index in [0.717, 1.165) is 73.7 Å². The number of piperazine rings is 1. The molecule has 1 aliphatic heterocycles. The molecular weight excluding hydrogens is 433 g/mol. The van der Waals surface area contributed by atoms with Gasteiger partial charge in [-0.15, -0.1) is 0 Å². The van der Waals surface area contributed by atoms with Gasteiger partial charge in [-0.1, -0.05) is 12.1 Å². The fraction of sp³-hybridized carbons (Fsp3) is 0.480. The second kappa shape index (κ2) is 9.63. The van der Waals surface area contributed by atoms with Crippen molar-refractivity contribution in [3.63, 3.8) is 0 Å². The summed E-state index contributed by atoms with van der Waals surface area (Å²) in [6, 6.07) is 9.44. The zero-order valence-electron chi connectivity index (χ0n) is 19.5. The van der Waals surface area contributed by atoms with Gasteiger partial charge in [0.2, 0.25) is 0 Å². The van der Waals surface area contributed by atoms with Crippen molar-refractivity contribution in [2.75, 3.05) is 37.6 Å². The maximum atomic E-state index is 12.8. The Balaban J connectivity index is 1.54. The SMILES string of the molecule is Cc1cc(CCN2CCN(c3ccc(C(F)(F)F)cc3)CC2)cc(C)c1OC(C)(C)C(=O)O. The summed E-state index contributed by atoms with van der Waals surface area (Å²) in [4.78, 5) is 15.8. The van der Waals surface area contributed by atoms with Crippen LogP contribution in [0.1, 0.15) is 36.1 Å². The molecule has 0 aromatic heterocycles. The summed E-state index contributed by atoms with van der Waals surface area (Å²) < 4.78 is 44.1. The van der Waals surface area contributed by atoms with Crippen molar-refractivity contribution in [3.05, 3.63) is 58.7 Å². The van der Waals surface area contributed by atoms with E-state index < -0.39 is 23.3 Å². The zero-order chi connectivity index (χ0) is 24.4. The van der Waals surface area contributed by atoms with Gasteiger partial charge in [-0.3, -0.25) is 4.90 Å². The third kappa shape index (κ3) is 6.19. The second-order valence-corrected chi connectivity index (χ2v) is 9.10. The Hall–Kier alpha value is -2.74. The normalized spacial score (nSPS) is 15.5. The molecule has 5 nitrogen and oxygen atoms in total. The van der Waals surface area contributed by atoms with E-state index in [1.807, 2.05) is 26.0 Å². The number of rotatable bonds is 7. The highest BCUT2D eigenvalue weighted by Gasteiger charge is 2.31. The third-order valence-electron chi connectivity index (χ3n) is 6.04. The molecule has 0 bridgehead atoms. The van der Waals surface area contributed by atoms with E-state index in [1.165, 1.54) is 13.8 Å². The highest BCUT2D eigenvalue weighted by atomic mass is 19.4. The molecule has 1 fully saturated rings. The fourth-order valence-electron chi connectivity index (χ4n) is 4.02. The minimum atomic E-state index is -4.31. The number of aryl methyl sites for hydroxylation is 2. The first-order chi connectivity index (χ1) is 15.4. The van der Waals surface area contributed by atoms with Crippen LogP contribution >= 0.6 is 0 Å². The summed E-state index contributed by atoms with van der Waals surface area (Å²) in [6.45, 7) is 11.0. The molecule has 0 unspecified atom stereocenters. The van der Waals surface area contributed by atoms with Gasteiger partial charge in [0.05, 0.1) is 5.56 Å². The summed E-state index contributed by atoms with van der Waals surface area (Å²) >= 11 is 0. The van der Waals surface area contributed by atoms with Crippen molar-refractivity contribution in [2.24, 2.45) is 0 Å². The van der Waals surface area contributed by atoms with Gasteiger partial charge in [-0.05, 0) is 75.1 Å². The number of hydrogen-bond donors (Lipinski definition) is 1. The fourth-order valence-corrected chi connectivity index (χ4v) is 4.02. The minimum absolute atomic E-state index is 0.608. The second-order valence-electron chi connectivity index (χ2n) is 9.10. The first kappa shape index (κ1) is 24.9. The first-order valence-electron chi connectivity index (χ1n) is 11.0. The maximum absolute atomic E-state index is 12.8. The molecule has 180 valence electrons. The van der Waals surface area contributed by atoms with Crippen LogP contribution < -0.4 is 9.64 Å². The number of carboxylic acids is 1. The van der Waals surface area contributed by atoms with Crippen LogP contribution in [0.25, 0.3) is 0 Å². The average molecular weight is 465 g/mol. The molecule has 1 aliphatic rings. The molecule has 33 heavy (non-hydrogen) atoms. The van der Waals surface area contributed by atoms with Crippen molar-refractivity contribution in [3.8, 4) is 5.75 Å². The number of halogens is 3. The molecule has 2 aromatic rings. The van der Waals surface area contributed by atoms with E-state index in [9.17, 15) is 23.1 Å². The Morgan fingerprint density at radius 3 is 2.03 bits per heavy atom. The average Bonchev–Trinajstić information content (AvgIpc) is 2.74. The van der Waals surface area contributed by atoms with E-state index in [0.29, 0.717) is 5.75 Å². The zero-order valence-corrected chi connectivity index (χ0v) is 19.5. The van der Waals surface area contributed by atoms with Gasteiger partial charge in [0, 0.05) is 38.4 Å². The standard InChI is InChI=1S/C25H31F3N2O3/c1-17-15-19(16-18(2)22(17)33-24(3,4)23(31)32)9-10-29-11-13-30(14-12-29)21-7-5-20(6-8-21)25(26,27)28/h5-8,15-16H,9-14H2,1-4H3,(H,31,32). The van der Waals surface area contributed by atoms with Crippen LogP contribution in [0.5, 0.6) is 5.75 Å². The lowest BCUT2D eigenvalue weighted by Gasteiger charge is -2.36. The van der Waals surface area contributed by atoms with E-state index in [2.05, 4.69) is 9.80 Å². The van der Waals surface area contributed by atoms with Crippen LogP contribution in [0.3, 0.4) is 0 Å². The molecule has 1 N–H and O–H groups in total. The van der Waals surface area contributed by atoms with Gasteiger partial charge >= 0.3 is 12.1 Å². The predicted octanol–water partition coefficient (Wildman–Crippen LogP) is 4.93. The topological polar surface area (TPSA) is 53.0 Å². The van der Waals surface area contributed by atoms with Crippen molar-refractivity contribution in [2.45, 2.75) is 45.9 Å². The van der Waals surface area contributed by atoms with Crippen molar-refractivity contribution >= 4 is 11.7 Å². The van der Waals surface area contributed by atoms with Crippen LogP contribution in [0, 0.1) is 13.8 Å². The molecule has 3 rings (SSSR count). The van der Waals surface area contributed by atoms with Gasteiger partial charge in [0.1, 0.15) is 5.75 Å². The number of anilines is 1. The summed E-state index contributed by atoms with van der Waals surface area (Å²) in [7, 11) is 0.